The SMILES string of the molecule is C/C=C1\NC(=O)c2ccc(SCC)c(n2)CNC(=O)C[C@@H](/C=C/CCSC(C)=O)OC(=O)[C@H](C(C)C)NC1=O. The van der Waals surface area contributed by atoms with Gasteiger partial charge in [0.05, 0.1) is 18.7 Å². The van der Waals surface area contributed by atoms with E-state index in [1.54, 1.807) is 45.1 Å². The van der Waals surface area contributed by atoms with Gasteiger partial charge in [0.25, 0.3) is 11.8 Å². The second kappa shape index (κ2) is 16.1. The predicted molar refractivity (Wildman–Crippen MR) is 152 cm³/mol. The van der Waals surface area contributed by atoms with Gasteiger partial charge in [-0.1, -0.05) is 44.7 Å². The summed E-state index contributed by atoms with van der Waals surface area (Å²) in [6.07, 6.45) is 4.31. The highest BCUT2D eigenvalue weighted by atomic mass is 32.2. The number of thioether (sulfide) groups is 2. The molecule has 0 aliphatic carbocycles. The average molecular weight is 577 g/mol. The standard InChI is InChI=1S/C27H36N4O6S2/c1-6-19-25(34)31-24(16(3)4)27(36)37-18(10-8-9-13-39-17(5)32)14-23(33)28-15-21-22(38-7-2)12-11-20(29-21)26(35)30-19/h6,8,10-12,16,18,24H,7,9,13-15H2,1-5H3,(H,28,33)(H,30,35)(H,31,34)/b10-8+,19-6-/t18-,24+/m1/s1. The topological polar surface area (TPSA) is 144 Å². The lowest BCUT2D eigenvalue weighted by atomic mass is 10.0. The van der Waals surface area contributed by atoms with Crippen molar-refractivity contribution in [1.82, 2.24) is 20.9 Å². The van der Waals surface area contributed by atoms with Crippen LogP contribution in [-0.2, 0) is 30.5 Å². The fraction of sp³-hybridized carbons (Fsp3) is 0.481. The van der Waals surface area contributed by atoms with Crippen LogP contribution in [0.1, 0.15) is 63.6 Å². The molecule has 10 nitrogen and oxygen atoms in total. The maximum absolute atomic E-state index is 13.1. The van der Waals surface area contributed by atoms with Gasteiger partial charge < -0.3 is 20.7 Å². The third-order valence-corrected chi connectivity index (χ3v) is 7.32. The highest BCUT2D eigenvalue weighted by Crippen LogP contribution is 2.22. The molecule has 0 fully saturated rings. The minimum Gasteiger partial charge on any atom is -0.456 e. The first-order chi connectivity index (χ1) is 18.5. The van der Waals surface area contributed by atoms with E-state index in [1.165, 1.54) is 36.5 Å². The fourth-order valence-electron chi connectivity index (χ4n) is 3.52. The molecule has 0 unspecified atom stereocenters. The molecule has 212 valence electrons. The molecule has 2 atom stereocenters. The summed E-state index contributed by atoms with van der Waals surface area (Å²) in [6, 6.07) is 2.29. The molecular formula is C27H36N4O6S2. The van der Waals surface area contributed by atoms with Gasteiger partial charge in [-0.15, -0.1) is 11.8 Å². The van der Waals surface area contributed by atoms with Crippen LogP contribution >= 0.6 is 23.5 Å². The van der Waals surface area contributed by atoms with Crippen molar-refractivity contribution in [2.45, 2.75) is 71.0 Å². The minimum absolute atomic E-state index is 0.00408. The van der Waals surface area contributed by atoms with Gasteiger partial charge in [0.15, 0.2) is 5.12 Å². The Kier molecular flexibility index (Phi) is 13.2. The number of nitrogens with zero attached hydrogens (tertiary/aromatic N) is 1. The number of pyridine rings is 1. The number of fused-ring (bicyclic) bond motifs is 2. The molecule has 2 heterocycles. The van der Waals surface area contributed by atoms with Crippen LogP contribution in [0.15, 0.2) is 41.0 Å². The highest BCUT2D eigenvalue weighted by Gasteiger charge is 2.30. The van der Waals surface area contributed by atoms with Gasteiger partial charge in [0.1, 0.15) is 23.5 Å². The normalized spacial score (nSPS) is 20.5. The summed E-state index contributed by atoms with van der Waals surface area (Å²) < 4.78 is 5.67. The number of rotatable bonds is 7. The van der Waals surface area contributed by atoms with E-state index >= 15 is 0 Å². The van der Waals surface area contributed by atoms with Crippen molar-refractivity contribution >= 4 is 52.3 Å². The van der Waals surface area contributed by atoms with Crippen LogP contribution in [0.2, 0.25) is 0 Å². The lowest BCUT2D eigenvalue weighted by Gasteiger charge is -2.24. The van der Waals surface area contributed by atoms with Gasteiger partial charge in [0, 0.05) is 17.6 Å². The highest BCUT2D eigenvalue weighted by molar-refractivity contribution is 8.13. The second-order valence-electron chi connectivity index (χ2n) is 8.94. The Morgan fingerprint density at radius 3 is 2.59 bits per heavy atom. The van der Waals surface area contributed by atoms with Crippen molar-refractivity contribution in [1.29, 1.82) is 0 Å². The molecule has 39 heavy (non-hydrogen) atoms. The number of carbonyl (C=O) groups excluding carboxylic acids is 5. The van der Waals surface area contributed by atoms with Gasteiger partial charge in [0.2, 0.25) is 5.91 Å². The van der Waals surface area contributed by atoms with E-state index in [9.17, 15) is 24.0 Å². The Hall–Kier alpha value is -3.12. The Balaban J connectivity index is 2.42. The molecule has 0 saturated heterocycles. The maximum Gasteiger partial charge on any atom is 0.329 e. The van der Waals surface area contributed by atoms with E-state index in [1.807, 2.05) is 6.92 Å². The van der Waals surface area contributed by atoms with Gasteiger partial charge >= 0.3 is 5.97 Å². The molecule has 3 amide bonds. The third-order valence-electron chi connectivity index (χ3n) is 5.50. The molecule has 2 bridgehead atoms. The summed E-state index contributed by atoms with van der Waals surface area (Å²) in [4.78, 5) is 68.4. The number of carbonyl (C=O) groups is 5. The minimum atomic E-state index is -1.03. The Labute approximate surface area is 237 Å². The largest absolute Gasteiger partial charge is 0.456 e. The molecule has 0 saturated carbocycles. The zero-order valence-corrected chi connectivity index (χ0v) is 24.5. The Morgan fingerprint density at radius 1 is 1.21 bits per heavy atom. The smallest absolute Gasteiger partial charge is 0.329 e. The molecule has 0 spiro atoms. The summed E-state index contributed by atoms with van der Waals surface area (Å²) in [5, 5.41) is 8.01. The quantitative estimate of drug-likeness (QED) is 0.147. The van der Waals surface area contributed by atoms with Gasteiger partial charge in [-0.2, -0.15) is 0 Å². The van der Waals surface area contributed by atoms with Crippen LogP contribution in [0.25, 0.3) is 0 Å². The Bertz CT molecular complexity index is 1140. The number of hydrogen-bond donors (Lipinski definition) is 3. The summed E-state index contributed by atoms with van der Waals surface area (Å²) in [7, 11) is 0. The van der Waals surface area contributed by atoms with Crippen LogP contribution in [-0.4, -0.2) is 57.4 Å². The van der Waals surface area contributed by atoms with Crippen LogP contribution in [0.3, 0.4) is 0 Å². The lowest BCUT2D eigenvalue weighted by molar-refractivity contribution is -0.153. The molecule has 3 N–H and O–H groups in total. The second-order valence-corrected chi connectivity index (χ2v) is 11.5. The zero-order chi connectivity index (χ0) is 28.9. The molecule has 1 aliphatic heterocycles. The van der Waals surface area contributed by atoms with Crippen LogP contribution < -0.4 is 16.0 Å². The lowest BCUT2D eigenvalue weighted by Crippen LogP contribution is -2.48. The number of esters is 1. The fourth-order valence-corrected chi connectivity index (χ4v) is 4.82. The number of amides is 3. The van der Waals surface area contributed by atoms with Crippen LogP contribution in [0, 0.1) is 5.92 Å². The van der Waals surface area contributed by atoms with Crippen molar-refractivity contribution in [3.05, 3.63) is 47.4 Å². The van der Waals surface area contributed by atoms with E-state index in [2.05, 4.69) is 20.9 Å². The molecular weight excluding hydrogens is 540 g/mol. The number of nitrogens with one attached hydrogen (secondary N) is 3. The van der Waals surface area contributed by atoms with Crippen molar-refractivity contribution in [3.63, 3.8) is 0 Å². The third kappa shape index (κ3) is 10.5. The zero-order valence-electron chi connectivity index (χ0n) is 22.9. The van der Waals surface area contributed by atoms with Crippen molar-refractivity contribution in [3.8, 4) is 0 Å². The van der Waals surface area contributed by atoms with E-state index in [-0.39, 0.29) is 41.3 Å². The Morgan fingerprint density at radius 2 is 1.95 bits per heavy atom. The van der Waals surface area contributed by atoms with Crippen LogP contribution in [0.5, 0.6) is 0 Å². The summed E-state index contributed by atoms with van der Waals surface area (Å²) in [5.41, 5.74) is 0.559. The van der Waals surface area contributed by atoms with Gasteiger partial charge in [-0.05, 0) is 43.2 Å². The van der Waals surface area contributed by atoms with Crippen molar-refractivity contribution in [2.75, 3.05) is 11.5 Å². The summed E-state index contributed by atoms with van der Waals surface area (Å²) >= 11 is 2.70. The molecule has 1 aromatic rings. The predicted octanol–water partition coefficient (Wildman–Crippen LogP) is 3.13. The van der Waals surface area contributed by atoms with Gasteiger partial charge in [-0.25, -0.2) is 9.78 Å². The monoisotopic (exact) mass is 576 g/mol. The molecule has 1 aliphatic rings. The number of hydrogen-bond acceptors (Lipinski definition) is 9. The first kappa shape index (κ1) is 32.1. The number of cyclic esters (lactones) is 1. The molecule has 1 aromatic heterocycles. The number of aromatic nitrogens is 1. The summed E-state index contributed by atoms with van der Waals surface area (Å²) in [6.45, 7) is 8.62. The first-order valence-corrected chi connectivity index (χ1v) is 14.7. The summed E-state index contributed by atoms with van der Waals surface area (Å²) in [5.74, 6) is -1.36. The molecule has 2 rings (SSSR count). The molecule has 0 radical (unpaired) electrons. The average Bonchev–Trinajstić information content (AvgIpc) is 2.88. The van der Waals surface area contributed by atoms with Gasteiger partial charge in [-0.3, -0.25) is 19.2 Å². The van der Waals surface area contributed by atoms with E-state index in [0.717, 1.165) is 10.6 Å². The van der Waals surface area contributed by atoms with Crippen molar-refractivity contribution < 1.29 is 28.7 Å². The van der Waals surface area contributed by atoms with E-state index in [4.69, 9.17) is 4.74 Å². The van der Waals surface area contributed by atoms with E-state index in [0.29, 0.717) is 17.9 Å². The molecule has 12 heteroatoms. The number of allylic oxidation sites excluding steroid dienone is 2. The molecule has 0 aromatic carbocycles. The van der Waals surface area contributed by atoms with Crippen molar-refractivity contribution in [2.24, 2.45) is 5.92 Å². The van der Waals surface area contributed by atoms with Crippen LogP contribution in [0.4, 0.5) is 0 Å². The number of ether oxygens (including phenoxy) is 1. The maximum atomic E-state index is 13.1. The van der Waals surface area contributed by atoms with E-state index < -0.39 is 29.9 Å². The first-order valence-electron chi connectivity index (χ1n) is 12.7.